The summed E-state index contributed by atoms with van der Waals surface area (Å²) < 4.78 is 38.3. The summed E-state index contributed by atoms with van der Waals surface area (Å²) in [5.41, 5.74) is 0. The molecule has 0 spiro atoms. The van der Waals surface area contributed by atoms with Gasteiger partial charge in [-0.15, -0.1) is 0 Å². The van der Waals surface area contributed by atoms with E-state index in [1.165, 1.54) is 18.5 Å². The highest BCUT2D eigenvalue weighted by Crippen LogP contribution is 2.17. The van der Waals surface area contributed by atoms with Gasteiger partial charge < -0.3 is 8.23 Å². The van der Waals surface area contributed by atoms with Gasteiger partial charge in [-0.2, -0.15) is 8.42 Å². The molecule has 0 aromatic rings. The minimum atomic E-state index is -3.30. The van der Waals surface area contributed by atoms with Gasteiger partial charge in [-0.25, -0.2) is 0 Å². The molecule has 0 aliphatic heterocycles. The summed E-state index contributed by atoms with van der Waals surface area (Å²) >= 11 is 0. The lowest BCUT2D eigenvalue weighted by Gasteiger charge is -2.24. The standard InChI is InChI=1S/C11H32O5SSi4/c1-17(12,13)14-8-6-10-21(4,5)16-19-9-7-11-20(2,3)15-18/h6-11,19H2,1-5,18H3. The van der Waals surface area contributed by atoms with Crippen LogP contribution in [0.25, 0.3) is 0 Å². The van der Waals surface area contributed by atoms with Crippen LogP contribution in [0.5, 0.6) is 0 Å². The molecule has 0 amide bonds. The first-order valence-electron chi connectivity index (χ1n) is 7.51. The monoisotopic (exact) mass is 388 g/mol. The molecular formula is C11H32O5SSi4. The fourth-order valence-corrected chi connectivity index (χ4v) is 9.54. The number of hydrogen-bond acceptors (Lipinski definition) is 5. The van der Waals surface area contributed by atoms with Crippen LogP contribution in [0.2, 0.25) is 44.3 Å². The second-order valence-electron chi connectivity index (χ2n) is 6.66. The molecule has 0 saturated heterocycles. The van der Waals surface area contributed by atoms with Gasteiger partial charge in [-0.3, -0.25) is 4.18 Å². The lowest BCUT2D eigenvalue weighted by atomic mass is 10.5. The van der Waals surface area contributed by atoms with E-state index in [1.807, 2.05) is 0 Å². The summed E-state index contributed by atoms with van der Waals surface area (Å²) in [7, 11) is -5.88. The lowest BCUT2D eigenvalue weighted by molar-refractivity contribution is 0.319. The highest BCUT2D eigenvalue weighted by Gasteiger charge is 2.22. The third-order valence-corrected chi connectivity index (χ3v) is 16.3. The minimum Gasteiger partial charge on any atom is -0.463 e. The van der Waals surface area contributed by atoms with Crippen molar-refractivity contribution in [2.24, 2.45) is 0 Å². The Balaban J connectivity index is 3.73. The van der Waals surface area contributed by atoms with Gasteiger partial charge in [0, 0.05) is 0 Å². The summed E-state index contributed by atoms with van der Waals surface area (Å²) in [5, 5.41) is 0. The predicted molar refractivity (Wildman–Crippen MR) is 100 cm³/mol. The number of rotatable bonds is 12. The van der Waals surface area contributed by atoms with E-state index in [0.717, 1.165) is 29.2 Å². The molecule has 0 saturated carbocycles. The summed E-state index contributed by atoms with van der Waals surface area (Å²) in [5.74, 6) is 0. The Morgan fingerprint density at radius 1 is 1.05 bits per heavy atom. The third kappa shape index (κ3) is 14.0. The van der Waals surface area contributed by atoms with Gasteiger partial charge in [0.2, 0.25) is 0 Å². The summed E-state index contributed by atoms with van der Waals surface area (Å²) in [6.45, 7) is 9.25. The fraction of sp³-hybridized carbons (Fsp3) is 1.00. The van der Waals surface area contributed by atoms with Gasteiger partial charge in [-0.1, -0.05) is 6.42 Å². The first-order chi connectivity index (χ1) is 9.47. The van der Waals surface area contributed by atoms with E-state index in [2.05, 4.69) is 26.2 Å². The van der Waals surface area contributed by atoms with Gasteiger partial charge in [0.15, 0.2) is 16.6 Å². The van der Waals surface area contributed by atoms with Crippen molar-refractivity contribution < 1.29 is 20.8 Å². The SMILES string of the molecule is C[Si](C)(CCC[SiH2]O[Si](C)(C)CCCOS(C)(=O)=O)O[SiH3]. The maximum Gasteiger partial charge on any atom is 0.264 e. The summed E-state index contributed by atoms with van der Waals surface area (Å²) in [6, 6.07) is 3.41. The van der Waals surface area contributed by atoms with E-state index >= 15 is 0 Å². The molecular weight excluding hydrogens is 357 g/mol. The molecule has 21 heavy (non-hydrogen) atoms. The van der Waals surface area contributed by atoms with Gasteiger partial charge >= 0.3 is 0 Å². The van der Waals surface area contributed by atoms with Crippen LogP contribution in [-0.4, -0.2) is 58.2 Å². The van der Waals surface area contributed by atoms with Crippen molar-refractivity contribution in [3.8, 4) is 0 Å². The average Bonchev–Trinajstić information content (AvgIpc) is 2.33. The normalized spacial score (nSPS) is 14.3. The Morgan fingerprint density at radius 2 is 1.62 bits per heavy atom. The molecule has 0 fully saturated rings. The van der Waals surface area contributed by atoms with Crippen LogP contribution in [0.15, 0.2) is 0 Å². The largest absolute Gasteiger partial charge is 0.463 e. The Bertz CT molecular complexity index is 386. The molecule has 0 heterocycles. The maximum absolute atomic E-state index is 10.9. The van der Waals surface area contributed by atoms with E-state index in [1.54, 1.807) is 0 Å². The minimum absolute atomic E-state index is 0.275. The molecule has 128 valence electrons. The molecule has 0 bridgehead atoms. The average molecular weight is 389 g/mol. The van der Waals surface area contributed by atoms with Crippen LogP contribution in [0.4, 0.5) is 0 Å². The van der Waals surface area contributed by atoms with Crippen LogP contribution in [-0.2, 0) is 22.5 Å². The van der Waals surface area contributed by atoms with Crippen molar-refractivity contribution in [1.29, 1.82) is 0 Å². The molecule has 0 aromatic heterocycles. The third-order valence-electron chi connectivity index (χ3n) is 3.44. The summed E-state index contributed by atoms with van der Waals surface area (Å²) in [4.78, 5) is 0. The van der Waals surface area contributed by atoms with E-state index in [0.29, 0.717) is 0 Å². The van der Waals surface area contributed by atoms with Gasteiger partial charge in [0.05, 0.1) is 12.9 Å². The molecule has 0 N–H and O–H groups in total. The Morgan fingerprint density at radius 3 is 2.14 bits per heavy atom. The second kappa shape index (κ2) is 9.75. The number of hydrogen-bond donors (Lipinski definition) is 0. The Labute approximate surface area is 138 Å². The smallest absolute Gasteiger partial charge is 0.264 e. The van der Waals surface area contributed by atoms with Crippen LogP contribution in [0.1, 0.15) is 12.8 Å². The first kappa shape index (κ1) is 21.7. The summed E-state index contributed by atoms with van der Waals surface area (Å²) in [6.07, 6.45) is 3.08. The molecule has 0 radical (unpaired) electrons. The van der Waals surface area contributed by atoms with Gasteiger partial charge in [0.1, 0.15) is 20.2 Å². The molecule has 0 aliphatic carbocycles. The van der Waals surface area contributed by atoms with Crippen molar-refractivity contribution in [2.45, 2.75) is 57.2 Å². The van der Waals surface area contributed by atoms with Gasteiger partial charge in [-0.05, 0) is 50.7 Å². The van der Waals surface area contributed by atoms with Crippen molar-refractivity contribution in [2.75, 3.05) is 12.9 Å². The molecule has 0 atom stereocenters. The first-order valence-corrected chi connectivity index (χ1v) is 18.0. The van der Waals surface area contributed by atoms with E-state index in [-0.39, 0.29) is 6.61 Å². The second-order valence-corrected chi connectivity index (χ2v) is 20.2. The molecule has 0 aromatic carbocycles. The van der Waals surface area contributed by atoms with Crippen molar-refractivity contribution in [3.63, 3.8) is 0 Å². The molecule has 10 heteroatoms. The lowest BCUT2D eigenvalue weighted by Crippen LogP contribution is -2.32. The van der Waals surface area contributed by atoms with Crippen molar-refractivity contribution in [1.82, 2.24) is 0 Å². The van der Waals surface area contributed by atoms with Gasteiger partial charge in [0.25, 0.3) is 10.1 Å². The van der Waals surface area contributed by atoms with Crippen LogP contribution in [0, 0.1) is 0 Å². The topological polar surface area (TPSA) is 61.8 Å². The molecule has 0 rings (SSSR count). The zero-order chi connectivity index (χ0) is 16.6. The quantitative estimate of drug-likeness (QED) is 0.283. The molecule has 5 nitrogen and oxygen atoms in total. The maximum atomic E-state index is 10.9. The van der Waals surface area contributed by atoms with Crippen LogP contribution in [0.3, 0.4) is 0 Å². The molecule has 0 aliphatic rings. The highest BCUT2D eigenvalue weighted by molar-refractivity contribution is 7.85. The van der Waals surface area contributed by atoms with Crippen LogP contribution >= 0.6 is 0 Å². The predicted octanol–water partition coefficient (Wildman–Crippen LogP) is 0.969. The van der Waals surface area contributed by atoms with E-state index in [9.17, 15) is 8.42 Å². The Hall–Kier alpha value is 0.698. The Kier molecular flexibility index (Phi) is 10.1. The van der Waals surface area contributed by atoms with Crippen LogP contribution < -0.4 is 0 Å². The zero-order valence-corrected chi connectivity index (χ0v) is 20.6. The van der Waals surface area contributed by atoms with Crippen molar-refractivity contribution in [3.05, 3.63) is 0 Å². The zero-order valence-electron chi connectivity index (χ0n) is 14.4. The molecule has 0 unspecified atom stereocenters. The van der Waals surface area contributed by atoms with Crippen molar-refractivity contribution >= 4 is 47.0 Å². The fourth-order valence-electron chi connectivity index (χ4n) is 1.88. The van der Waals surface area contributed by atoms with E-state index < -0.39 is 36.5 Å². The highest BCUT2D eigenvalue weighted by atomic mass is 32.2. The van der Waals surface area contributed by atoms with E-state index in [4.69, 9.17) is 12.4 Å².